The van der Waals surface area contributed by atoms with Gasteiger partial charge in [-0.1, -0.05) is 42.5 Å². The van der Waals surface area contributed by atoms with E-state index in [0.717, 1.165) is 44.0 Å². The number of nitrogens with one attached hydrogen (secondary N) is 1. The van der Waals surface area contributed by atoms with Crippen molar-refractivity contribution in [2.24, 2.45) is 0 Å². The predicted molar refractivity (Wildman–Crippen MR) is 99.3 cm³/mol. The summed E-state index contributed by atoms with van der Waals surface area (Å²) >= 11 is 0. The Morgan fingerprint density at radius 3 is 2.56 bits per heavy atom. The SMILES string of the molecule is O=C1NC2(CCN(Cc3ccccc3)CC2)c2nnnn2-c2ccccc21. The van der Waals surface area contributed by atoms with Gasteiger partial charge in [-0.3, -0.25) is 9.69 Å². The van der Waals surface area contributed by atoms with Crippen LogP contribution in [0.5, 0.6) is 0 Å². The molecule has 1 spiro atoms. The Labute approximate surface area is 157 Å². The van der Waals surface area contributed by atoms with Gasteiger partial charge in [0.1, 0.15) is 5.54 Å². The Balaban J connectivity index is 1.44. The molecule has 3 heterocycles. The predicted octanol–water partition coefficient (Wildman–Crippen LogP) is 1.90. The maximum atomic E-state index is 12.9. The van der Waals surface area contributed by atoms with Crippen LogP contribution in [0.15, 0.2) is 54.6 Å². The van der Waals surface area contributed by atoms with Crippen molar-refractivity contribution in [3.63, 3.8) is 0 Å². The average molecular weight is 360 g/mol. The van der Waals surface area contributed by atoms with Gasteiger partial charge >= 0.3 is 0 Å². The maximum absolute atomic E-state index is 12.9. The molecular formula is C20H20N6O. The molecule has 1 N–H and O–H groups in total. The van der Waals surface area contributed by atoms with E-state index in [1.165, 1.54) is 5.56 Å². The second-order valence-electron chi connectivity index (χ2n) is 7.23. The van der Waals surface area contributed by atoms with Crippen LogP contribution in [0.1, 0.15) is 34.6 Å². The summed E-state index contributed by atoms with van der Waals surface area (Å²) in [6, 6.07) is 17.9. The van der Waals surface area contributed by atoms with Gasteiger partial charge < -0.3 is 5.32 Å². The lowest BCUT2D eigenvalue weighted by atomic mass is 9.86. The number of carbonyl (C=O) groups is 1. The standard InChI is InChI=1S/C20H20N6O/c27-18-16-8-4-5-9-17(16)26-19(22-23-24-26)20(21-18)10-12-25(13-11-20)14-15-6-2-1-3-7-15/h1-9H,10-14H2,(H,21,27). The highest BCUT2D eigenvalue weighted by atomic mass is 16.2. The van der Waals surface area contributed by atoms with Crippen LogP contribution in [0.2, 0.25) is 0 Å². The number of nitrogens with zero attached hydrogens (tertiary/aromatic N) is 5. The second-order valence-corrected chi connectivity index (χ2v) is 7.23. The summed E-state index contributed by atoms with van der Waals surface area (Å²) in [7, 11) is 0. The number of benzene rings is 2. The summed E-state index contributed by atoms with van der Waals surface area (Å²) < 4.78 is 1.72. The minimum Gasteiger partial charge on any atom is -0.339 e. The normalized spacial score (nSPS) is 18.4. The first-order chi connectivity index (χ1) is 13.3. The number of likely N-dealkylation sites (tertiary alicyclic amines) is 1. The topological polar surface area (TPSA) is 75.9 Å². The van der Waals surface area contributed by atoms with E-state index in [0.29, 0.717) is 5.56 Å². The monoisotopic (exact) mass is 360 g/mol. The van der Waals surface area contributed by atoms with Crippen molar-refractivity contribution >= 4 is 5.91 Å². The number of fused-ring (bicyclic) bond motifs is 4. The van der Waals surface area contributed by atoms with Crippen LogP contribution in [0.3, 0.4) is 0 Å². The molecule has 0 aliphatic carbocycles. The van der Waals surface area contributed by atoms with Gasteiger partial charge in [0.05, 0.1) is 11.3 Å². The van der Waals surface area contributed by atoms with E-state index in [4.69, 9.17) is 0 Å². The van der Waals surface area contributed by atoms with Gasteiger partial charge in [0, 0.05) is 19.6 Å². The van der Waals surface area contributed by atoms with E-state index in [2.05, 4.69) is 50.0 Å². The van der Waals surface area contributed by atoms with E-state index >= 15 is 0 Å². The number of piperidine rings is 1. The summed E-state index contributed by atoms with van der Waals surface area (Å²) in [5, 5.41) is 15.6. The highest BCUT2D eigenvalue weighted by Gasteiger charge is 2.44. The third-order valence-electron chi connectivity index (χ3n) is 5.59. The molecule has 0 radical (unpaired) electrons. The molecule has 0 unspecified atom stereocenters. The second kappa shape index (κ2) is 6.28. The first-order valence-corrected chi connectivity index (χ1v) is 9.22. The number of rotatable bonds is 2. The lowest BCUT2D eigenvalue weighted by molar-refractivity contribution is 0.0784. The van der Waals surface area contributed by atoms with E-state index in [9.17, 15) is 4.79 Å². The van der Waals surface area contributed by atoms with Crippen molar-refractivity contribution in [1.29, 1.82) is 0 Å². The van der Waals surface area contributed by atoms with Crippen LogP contribution in [-0.2, 0) is 12.1 Å². The Kier molecular flexibility index (Phi) is 3.75. The highest BCUT2D eigenvalue weighted by Crippen LogP contribution is 2.36. The molecule has 27 heavy (non-hydrogen) atoms. The van der Waals surface area contributed by atoms with Crippen molar-refractivity contribution in [2.45, 2.75) is 24.9 Å². The molecule has 5 rings (SSSR count). The van der Waals surface area contributed by atoms with Gasteiger partial charge in [0.2, 0.25) is 0 Å². The van der Waals surface area contributed by atoms with Gasteiger partial charge in [-0.15, -0.1) is 5.10 Å². The third kappa shape index (κ3) is 2.71. The summed E-state index contributed by atoms with van der Waals surface area (Å²) in [5.41, 5.74) is 2.11. The van der Waals surface area contributed by atoms with E-state index in [-0.39, 0.29) is 5.91 Å². The molecule has 3 aromatic rings. The molecule has 1 saturated heterocycles. The molecule has 0 bridgehead atoms. The lowest BCUT2D eigenvalue weighted by Crippen LogP contribution is -2.53. The molecule has 7 nitrogen and oxygen atoms in total. The zero-order valence-corrected chi connectivity index (χ0v) is 14.9. The molecule has 136 valence electrons. The Morgan fingerprint density at radius 1 is 1.00 bits per heavy atom. The highest BCUT2D eigenvalue weighted by molar-refractivity contribution is 5.98. The number of amides is 1. The maximum Gasteiger partial charge on any atom is 0.254 e. The van der Waals surface area contributed by atoms with Crippen LogP contribution in [0.4, 0.5) is 0 Å². The van der Waals surface area contributed by atoms with Crippen LogP contribution in [-0.4, -0.2) is 44.1 Å². The number of carbonyl (C=O) groups excluding carboxylic acids is 1. The van der Waals surface area contributed by atoms with Gasteiger partial charge in [0.25, 0.3) is 5.91 Å². The molecule has 2 aliphatic heterocycles. The quantitative estimate of drug-likeness (QED) is 0.755. The molecule has 1 aromatic heterocycles. The Hall–Kier alpha value is -3.06. The van der Waals surface area contributed by atoms with Crippen molar-refractivity contribution < 1.29 is 4.79 Å². The van der Waals surface area contributed by atoms with E-state index < -0.39 is 5.54 Å². The van der Waals surface area contributed by atoms with Crippen molar-refractivity contribution in [2.75, 3.05) is 13.1 Å². The molecule has 2 aliphatic rings. The summed E-state index contributed by atoms with van der Waals surface area (Å²) in [4.78, 5) is 15.3. The molecular weight excluding hydrogens is 340 g/mol. The molecule has 2 aromatic carbocycles. The van der Waals surface area contributed by atoms with Crippen LogP contribution in [0.25, 0.3) is 5.69 Å². The van der Waals surface area contributed by atoms with Crippen LogP contribution >= 0.6 is 0 Å². The minimum atomic E-state index is -0.535. The van der Waals surface area contributed by atoms with Crippen molar-refractivity contribution in [3.8, 4) is 5.69 Å². The fourth-order valence-electron chi connectivity index (χ4n) is 4.12. The number of hydrogen-bond donors (Lipinski definition) is 1. The fraction of sp³-hybridized carbons (Fsp3) is 0.300. The van der Waals surface area contributed by atoms with E-state index in [1.54, 1.807) is 4.68 Å². The van der Waals surface area contributed by atoms with E-state index in [1.807, 2.05) is 30.3 Å². The number of aromatic nitrogens is 4. The Morgan fingerprint density at radius 2 is 1.74 bits per heavy atom. The summed E-state index contributed by atoms with van der Waals surface area (Å²) in [5.74, 6) is 0.648. The smallest absolute Gasteiger partial charge is 0.254 e. The summed E-state index contributed by atoms with van der Waals surface area (Å²) in [6.07, 6.45) is 1.56. The average Bonchev–Trinajstić information content (AvgIpc) is 3.18. The number of para-hydroxylation sites is 1. The van der Waals surface area contributed by atoms with Gasteiger partial charge in [-0.05, 0) is 41.0 Å². The number of tetrazole rings is 1. The van der Waals surface area contributed by atoms with Crippen molar-refractivity contribution in [3.05, 3.63) is 71.5 Å². The molecule has 0 atom stereocenters. The first-order valence-electron chi connectivity index (χ1n) is 9.22. The molecule has 7 heteroatoms. The largest absolute Gasteiger partial charge is 0.339 e. The fourth-order valence-corrected chi connectivity index (χ4v) is 4.12. The zero-order valence-electron chi connectivity index (χ0n) is 14.9. The van der Waals surface area contributed by atoms with Crippen molar-refractivity contribution in [1.82, 2.24) is 30.4 Å². The zero-order chi connectivity index (χ0) is 18.3. The third-order valence-corrected chi connectivity index (χ3v) is 5.59. The molecule has 0 saturated carbocycles. The molecule has 1 fully saturated rings. The van der Waals surface area contributed by atoms with Crippen LogP contribution < -0.4 is 5.32 Å². The minimum absolute atomic E-state index is 0.0746. The van der Waals surface area contributed by atoms with Crippen LogP contribution in [0, 0.1) is 0 Å². The first kappa shape index (κ1) is 16.1. The van der Waals surface area contributed by atoms with Gasteiger partial charge in [-0.2, -0.15) is 4.68 Å². The van der Waals surface area contributed by atoms with Gasteiger partial charge in [-0.25, -0.2) is 0 Å². The molecule has 1 amide bonds. The Bertz CT molecular complexity index is 975. The van der Waals surface area contributed by atoms with Gasteiger partial charge in [0.15, 0.2) is 5.82 Å². The number of hydrogen-bond acceptors (Lipinski definition) is 5. The summed E-state index contributed by atoms with van der Waals surface area (Å²) in [6.45, 7) is 2.66. The lowest BCUT2D eigenvalue weighted by Gasteiger charge is -2.40.